The van der Waals surface area contributed by atoms with Crippen molar-refractivity contribution in [1.29, 1.82) is 0 Å². The van der Waals surface area contributed by atoms with Crippen molar-refractivity contribution in [1.82, 2.24) is 19.3 Å². The fourth-order valence-electron chi connectivity index (χ4n) is 2.10. The molecule has 0 spiro atoms. The number of carbonyl (C=O) groups is 1. The molecule has 104 valence electrons. The summed E-state index contributed by atoms with van der Waals surface area (Å²) in [6, 6.07) is 0. The third-order valence-electron chi connectivity index (χ3n) is 3.35. The lowest BCUT2D eigenvalue weighted by atomic mass is 9.93. The van der Waals surface area contributed by atoms with Crippen LogP contribution in [0.25, 0.3) is 11.2 Å². The van der Waals surface area contributed by atoms with E-state index < -0.39 is 5.41 Å². The first-order valence-corrected chi connectivity index (χ1v) is 6.64. The highest BCUT2D eigenvalue weighted by Gasteiger charge is 2.27. The molecule has 0 saturated heterocycles. The molecule has 6 nitrogen and oxygen atoms in total. The molecule has 2 rings (SSSR count). The molecule has 2 aromatic rings. The molecule has 2 heterocycles. The zero-order chi connectivity index (χ0) is 14.4. The number of carbonyl (C=O) groups excluding carboxylic acids is 1. The third kappa shape index (κ3) is 2.18. The summed E-state index contributed by atoms with van der Waals surface area (Å²) < 4.78 is 4.37. The van der Waals surface area contributed by atoms with Crippen LogP contribution in [0.1, 0.15) is 26.5 Å². The molecule has 0 saturated carbocycles. The number of aromatic nitrogens is 4. The van der Waals surface area contributed by atoms with Crippen LogP contribution >= 0.6 is 12.2 Å². The van der Waals surface area contributed by atoms with Crippen molar-refractivity contribution in [2.24, 2.45) is 11.1 Å². The smallest absolute Gasteiger partial charge is 0.224 e. The van der Waals surface area contributed by atoms with Gasteiger partial charge in [-0.25, -0.2) is 4.68 Å². The van der Waals surface area contributed by atoms with Gasteiger partial charge in [0.25, 0.3) is 0 Å². The predicted molar refractivity (Wildman–Crippen MR) is 76.3 cm³/mol. The van der Waals surface area contributed by atoms with Crippen LogP contribution in [0.5, 0.6) is 0 Å². The van der Waals surface area contributed by atoms with Crippen LogP contribution in [0.3, 0.4) is 0 Å². The van der Waals surface area contributed by atoms with Crippen molar-refractivity contribution in [3.05, 3.63) is 10.5 Å². The second-order valence-corrected chi connectivity index (χ2v) is 5.75. The highest BCUT2D eigenvalue weighted by atomic mass is 32.1. The topological polar surface area (TPSA) is 81.6 Å². The Bertz CT molecular complexity index is 691. The fraction of sp³-hybridized carbons (Fsp3) is 0.583. The number of hydrogen-bond donors (Lipinski definition) is 2. The van der Waals surface area contributed by atoms with Crippen molar-refractivity contribution in [2.75, 3.05) is 0 Å². The largest absolute Gasteiger partial charge is 0.369 e. The predicted octanol–water partition coefficient (Wildman–Crippen LogP) is 1.74. The number of fused-ring (bicyclic) bond motifs is 1. The summed E-state index contributed by atoms with van der Waals surface area (Å²) in [7, 11) is 0. The summed E-state index contributed by atoms with van der Waals surface area (Å²) >= 11 is 5.34. The molecule has 2 aromatic heterocycles. The molecule has 0 atom stereocenters. The number of nitrogens with zero attached hydrogens (tertiary/aromatic N) is 3. The van der Waals surface area contributed by atoms with E-state index in [0.717, 1.165) is 23.4 Å². The van der Waals surface area contributed by atoms with Gasteiger partial charge in [-0.05, 0) is 39.9 Å². The van der Waals surface area contributed by atoms with Crippen molar-refractivity contribution in [3.63, 3.8) is 0 Å². The fourth-order valence-corrected chi connectivity index (χ4v) is 2.35. The van der Waals surface area contributed by atoms with E-state index in [9.17, 15) is 4.79 Å². The van der Waals surface area contributed by atoms with Gasteiger partial charge in [0, 0.05) is 13.1 Å². The Balaban J connectivity index is 2.63. The number of aromatic amines is 1. The molecule has 0 aliphatic heterocycles. The van der Waals surface area contributed by atoms with E-state index in [0.29, 0.717) is 11.3 Å². The number of primary amides is 1. The Hall–Kier alpha value is -1.63. The number of amides is 1. The average molecular weight is 281 g/mol. The quantitative estimate of drug-likeness (QED) is 0.837. The van der Waals surface area contributed by atoms with Gasteiger partial charge in [-0.2, -0.15) is 5.10 Å². The van der Waals surface area contributed by atoms with Crippen LogP contribution in [0.4, 0.5) is 0 Å². The molecule has 0 fully saturated rings. The lowest BCUT2D eigenvalue weighted by Gasteiger charge is -2.21. The van der Waals surface area contributed by atoms with E-state index in [4.69, 9.17) is 18.0 Å². The van der Waals surface area contributed by atoms with Crippen LogP contribution in [0.15, 0.2) is 0 Å². The van der Waals surface area contributed by atoms with Crippen molar-refractivity contribution in [3.8, 4) is 0 Å². The van der Waals surface area contributed by atoms with Gasteiger partial charge in [-0.15, -0.1) is 0 Å². The Morgan fingerprint density at radius 3 is 2.68 bits per heavy atom. The van der Waals surface area contributed by atoms with E-state index in [1.807, 2.05) is 36.9 Å². The Labute approximate surface area is 116 Å². The summed E-state index contributed by atoms with van der Waals surface area (Å²) in [6.07, 6.45) is 0. The van der Waals surface area contributed by atoms with Crippen molar-refractivity contribution in [2.45, 2.75) is 40.8 Å². The normalized spacial score (nSPS) is 12.2. The van der Waals surface area contributed by atoms with E-state index in [1.165, 1.54) is 0 Å². The molecule has 0 bridgehead atoms. The molecule has 19 heavy (non-hydrogen) atoms. The van der Waals surface area contributed by atoms with Crippen molar-refractivity contribution < 1.29 is 4.79 Å². The molecule has 0 aliphatic rings. The van der Waals surface area contributed by atoms with E-state index in [1.54, 1.807) is 0 Å². The first-order valence-electron chi connectivity index (χ1n) is 6.23. The SMILES string of the molecule is CCn1nc(C)c2[nH]c(=S)n(CC(C)(C)C(N)=O)c21. The summed E-state index contributed by atoms with van der Waals surface area (Å²) in [5.41, 5.74) is 7.52. The third-order valence-corrected chi connectivity index (χ3v) is 3.68. The maximum Gasteiger partial charge on any atom is 0.224 e. The van der Waals surface area contributed by atoms with E-state index >= 15 is 0 Å². The number of aryl methyl sites for hydroxylation is 2. The summed E-state index contributed by atoms with van der Waals surface area (Å²) in [5.74, 6) is -0.344. The van der Waals surface area contributed by atoms with E-state index in [-0.39, 0.29) is 5.91 Å². The number of nitrogens with one attached hydrogen (secondary N) is 1. The first kappa shape index (κ1) is 13.8. The van der Waals surface area contributed by atoms with Gasteiger partial charge >= 0.3 is 0 Å². The maximum atomic E-state index is 11.5. The molecule has 0 aromatic carbocycles. The number of hydrogen-bond acceptors (Lipinski definition) is 3. The molecular formula is C12H19N5OS. The zero-order valence-corrected chi connectivity index (χ0v) is 12.5. The summed E-state index contributed by atoms with van der Waals surface area (Å²) in [6.45, 7) is 8.76. The Morgan fingerprint density at radius 2 is 2.16 bits per heavy atom. The van der Waals surface area contributed by atoms with Crippen LogP contribution in [0, 0.1) is 17.1 Å². The van der Waals surface area contributed by atoms with Crippen LogP contribution < -0.4 is 5.73 Å². The van der Waals surface area contributed by atoms with Crippen LogP contribution in [0.2, 0.25) is 0 Å². The zero-order valence-electron chi connectivity index (χ0n) is 11.6. The highest BCUT2D eigenvalue weighted by molar-refractivity contribution is 7.71. The summed E-state index contributed by atoms with van der Waals surface area (Å²) in [4.78, 5) is 14.7. The summed E-state index contributed by atoms with van der Waals surface area (Å²) in [5, 5.41) is 4.45. The van der Waals surface area contributed by atoms with Gasteiger partial charge in [-0.1, -0.05) is 0 Å². The lowest BCUT2D eigenvalue weighted by molar-refractivity contribution is -0.126. The van der Waals surface area contributed by atoms with Gasteiger partial charge in [-0.3, -0.25) is 4.79 Å². The molecule has 1 amide bonds. The first-order chi connectivity index (χ1) is 8.77. The van der Waals surface area contributed by atoms with Gasteiger partial charge in [0.15, 0.2) is 10.4 Å². The molecule has 7 heteroatoms. The standard InChI is InChI=1S/C12H19N5OS/c1-5-17-9-8(7(2)15-17)14-11(19)16(9)6-12(3,4)10(13)18/h5-6H2,1-4H3,(H2,13,18)(H,14,19). The number of imidazole rings is 1. The minimum atomic E-state index is -0.663. The molecule has 0 aliphatic carbocycles. The van der Waals surface area contributed by atoms with E-state index in [2.05, 4.69) is 10.1 Å². The van der Waals surface area contributed by atoms with Gasteiger partial charge in [0.1, 0.15) is 5.52 Å². The lowest BCUT2D eigenvalue weighted by Crippen LogP contribution is -2.35. The Kier molecular flexibility index (Phi) is 3.25. The molecule has 0 unspecified atom stereocenters. The van der Waals surface area contributed by atoms with Gasteiger partial charge in [0.2, 0.25) is 5.91 Å². The minimum absolute atomic E-state index is 0.344. The molecule has 3 N–H and O–H groups in total. The van der Waals surface area contributed by atoms with Crippen LogP contribution in [-0.2, 0) is 17.9 Å². The van der Waals surface area contributed by atoms with Crippen LogP contribution in [-0.4, -0.2) is 25.2 Å². The average Bonchev–Trinajstić information content (AvgIpc) is 2.78. The van der Waals surface area contributed by atoms with Crippen molar-refractivity contribution >= 4 is 29.3 Å². The second kappa shape index (κ2) is 4.48. The second-order valence-electron chi connectivity index (χ2n) is 5.36. The minimum Gasteiger partial charge on any atom is -0.369 e. The van der Waals surface area contributed by atoms with Gasteiger partial charge in [0.05, 0.1) is 11.1 Å². The highest BCUT2D eigenvalue weighted by Crippen LogP contribution is 2.23. The molecule has 0 radical (unpaired) electrons. The number of nitrogens with two attached hydrogens (primary N) is 1. The Morgan fingerprint density at radius 1 is 1.53 bits per heavy atom. The number of rotatable bonds is 4. The monoisotopic (exact) mass is 281 g/mol. The van der Waals surface area contributed by atoms with Gasteiger partial charge < -0.3 is 15.3 Å². The molecular weight excluding hydrogens is 262 g/mol. The maximum absolute atomic E-state index is 11.5. The number of H-pyrrole nitrogens is 1.